The molecule has 1 heterocycles. The first-order chi connectivity index (χ1) is 8.63. The highest BCUT2D eigenvalue weighted by molar-refractivity contribution is 9.11. The molecule has 0 aliphatic heterocycles. The maximum absolute atomic E-state index is 12.0. The van der Waals surface area contributed by atoms with E-state index in [0.29, 0.717) is 8.66 Å². The molecule has 0 bridgehead atoms. The second-order valence-corrected chi connectivity index (χ2v) is 7.90. The Morgan fingerprint density at radius 2 is 2.05 bits per heavy atom. The van der Waals surface area contributed by atoms with Crippen molar-refractivity contribution >= 4 is 49.2 Å². The number of aryl methyl sites for hydroxylation is 1. The molecule has 1 aromatic rings. The van der Waals surface area contributed by atoms with E-state index in [-0.39, 0.29) is 4.90 Å². The average Bonchev–Trinajstić information content (AvgIpc) is 2.56. The zero-order valence-corrected chi connectivity index (χ0v) is 12.8. The van der Waals surface area contributed by atoms with Gasteiger partial charge >= 0.3 is 11.9 Å². The monoisotopic (exact) mass is 371 g/mol. The Labute approximate surface area is 121 Å². The zero-order chi connectivity index (χ0) is 14.8. The second kappa shape index (κ2) is 5.99. The molecule has 0 aromatic carbocycles. The Kier molecular flexibility index (Phi) is 5.07. The summed E-state index contributed by atoms with van der Waals surface area (Å²) in [5.74, 6) is -2.95. The summed E-state index contributed by atoms with van der Waals surface area (Å²) in [5, 5.41) is 17.4. The fourth-order valence-electron chi connectivity index (χ4n) is 1.30. The molecule has 0 aliphatic carbocycles. The molecule has 1 aromatic heterocycles. The average molecular weight is 372 g/mol. The molecule has 1 atom stereocenters. The highest BCUT2D eigenvalue weighted by atomic mass is 79.9. The van der Waals surface area contributed by atoms with E-state index in [0.717, 1.165) is 0 Å². The minimum Gasteiger partial charge on any atom is -0.481 e. The molecule has 0 radical (unpaired) electrons. The quantitative estimate of drug-likeness (QED) is 0.686. The van der Waals surface area contributed by atoms with Crippen LogP contribution in [0, 0.1) is 6.92 Å². The van der Waals surface area contributed by atoms with Gasteiger partial charge in [-0.1, -0.05) is 0 Å². The van der Waals surface area contributed by atoms with Gasteiger partial charge in [-0.05, 0) is 28.9 Å². The van der Waals surface area contributed by atoms with Crippen molar-refractivity contribution in [2.24, 2.45) is 0 Å². The molecule has 0 spiro atoms. The summed E-state index contributed by atoms with van der Waals surface area (Å²) in [5.41, 5.74) is 0. The minimum atomic E-state index is -4.07. The molecule has 10 heteroatoms. The van der Waals surface area contributed by atoms with Crippen molar-refractivity contribution in [3.63, 3.8) is 0 Å². The number of halogens is 1. The second-order valence-electron chi connectivity index (χ2n) is 3.58. The van der Waals surface area contributed by atoms with Crippen LogP contribution in [0.3, 0.4) is 0 Å². The summed E-state index contributed by atoms with van der Waals surface area (Å²) in [6.07, 6.45) is -0.834. The highest BCUT2D eigenvalue weighted by Gasteiger charge is 2.29. The largest absolute Gasteiger partial charge is 0.481 e. The number of carboxylic acids is 2. The number of sulfonamides is 1. The van der Waals surface area contributed by atoms with Gasteiger partial charge < -0.3 is 10.2 Å². The van der Waals surface area contributed by atoms with Gasteiger partial charge in [0.2, 0.25) is 10.0 Å². The Morgan fingerprint density at radius 3 is 2.42 bits per heavy atom. The van der Waals surface area contributed by atoms with Crippen LogP contribution in [-0.4, -0.2) is 36.6 Å². The van der Waals surface area contributed by atoms with Crippen LogP contribution in [0.4, 0.5) is 0 Å². The number of hydrogen-bond donors (Lipinski definition) is 3. The van der Waals surface area contributed by atoms with Gasteiger partial charge in [-0.15, -0.1) is 11.3 Å². The van der Waals surface area contributed by atoms with Gasteiger partial charge in [-0.2, -0.15) is 4.72 Å². The Morgan fingerprint density at radius 1 is 1.47 bits per heavy atom. The predicted molar refractivity (Wildman–Crippen MR) is 70.8 cm³/mol. The lowest BCUT2D eigenvalue weighted by Crippen LogP contribution is -2.42. The number of carbonyl (C=O) groups is 2. The summed E-state index contributed by atoms with van der Waals surface area (Å²) in [4.78, 5) is 21.7. The molecular weight excluding hydrogens is 362 g/mol. The number of carboxylic acid groups (broad SMARTS) is 2. The van der Waals surface area contributed by atoms with Crippen molar-refractivity contribution in [3.05, 3.63) is 14.7 Å². The van der Waals surface area contributed by atoms with Gasteiger partial charge in [0.05, 0.1) is 15.1 Å². The molecule has 0 amide bonds. The van der Waals surface area contributed by atoms with Crippen LogP contribution in [0.1, 0.15) is 11.3 Å². The normalized spacial score (nSPS) is 13.2. The van der Waals surface area contributed by atoms with Gasteiger partial charge in [0.1, 0.15) is 6.04 Å². The number of aliphatic carboxylic acids is 2. The maximum Gasteiger partial charge on any atom is 0.322 e. The molecular formula is C9H10BrNO6S2. The van der Waals surface area contributed by atoms with Crippen LogP contribution in [0.25, 0.3) is 0 Å². The highest BCUT2D eigenvalue weighted by Crippen LogP contribution is 2.29. The van der Waals surface area contributed by atoms with Gasteiger partial charge in [0.15, 0.2) is 0 Å². The summed E-state index contributed by atoms with van der Waals surface area (Å²) < 4.78 is 26.4. The third-order valence-corrected chi connectivity index (χ3v) is 5.39. The summed E-state index contributed by atoms with van der Waals surface area (Å²) in [6, 6.07) is -0.372. The predicted octanol–water partition coefficient (Wildman–Crippen LogP) is 1.03. The third-order valence-electron chi connectivity index (χ3n) is 2.11. The molecule has 0 aliphatic rings. The van der Waals surface area contributed by atoms with Crippen molar-refractivity contribution < 1.29 is 28.2 Å². The van der Waals surface area contributed by atoms with E-state index < -0.39 is 34.4 Å². The van der Waals surface area contributed by atoms with Gasteiger partial charge in [-0.25, -0.2) is 8.42 Å². The molecule has 0 saturated carbocycles. The molecule has 19 heavy (non-hydrogen) atoms. The van der Waals surface area contributed by atoms with Crippen molar-refractivity contribution in [1.82, 2.24) is 4.72 Å². The smallest absolute Gasteiger partial charge is 0.322 e. The Bertz CT molecular complexity index is 608. The topological polar surface area (TPSA) is 121 Å². The number of hydrogen-bond acceptors (Lipinski definition) is 5. The zero-order valence-electron chi connectivity index (χ0n) is 9.58. The molecule has 1 unspecified atom stereocenters. The van der Waals surface area contributed by atoms with Crippen LogP contribution in [0.5, 0.6) is 0 Å². The first-order valence-corrected chi connectivity index (χ1v) is 7.95. The lowest BCUT2D eigenvalue weighted by Gasteiger charge is -2.12. The van der Waals surface area contributed by atoms with E-state index >= 15 is 0 Å². The minimum absolute atomic E-state index is 0.0685. The molecule has 3 N–H and O–H groups in total. The molecule has 0 saturated heterocycles. The van der Waals surface area contributed by atoms with Crippen molar-refractivity contribution in [2.45, 2.75) is 24.3 Å². The fraction of sp³-hybridized carbons (Fsp3) is 0.333. The van der Waals surface area contributed by atoms with Crippen molar-refractivity contribution in [3.8, 4) is 0 Å². The van der Waals surface area contributed by atoms with Crippen LogP contribution < -0.4 is 4.72 Å². The number of rotatable bonds is 6. The van der Waals surface area contributed by atoms with Crippen LogP contribution in [0.2, 0.25) is 0 Å². The summed E-state index contributed by atoms with van der Waals surface area (Å²) in [7, 11) is -4.07. The Balaban J connectivity index is 3.04. The van der Waals surface area contributed by atoms with E-state index in [9.17, 15) is 18.0 Å². The van der Waals surface area contributed by atoms with E-state index in [1.807, 2.05) is 4.72 Å². The van der Waals surface area contributed by atoms with Crippen LogP contribution >= 0.6 is 27.3 Å². The van der Waals surface area contributed by atoms with E-state index in [2.05, 4.69) is 15.9 Å². The number of nitrogens with one attached hydrogen (secondary N) is 1. The van der Waals surface area contributed by atoms with Gasteiger partial charge in [0, 0.05) is 4.88 Å². The third kappa shape index (κ3) is 4.27. The molecule has 106 valence electrons. The fourth-order valence-corrected chi connectivity index (χ4v) is 4.91. The van der Waals surface area contributed by atoms with E-state index in [1.54, 1.807) is 6.92 Å². The molecule has 1 rings (SSSR count). The van der Waals surface area contributed by atoms with Crippen LogP contribution in [0.15, 0.2) is 14.7 Å². The van der Waals surface area contributed by atoms with Crippen molar-refractivity contribution in [1.29, 1.82) is 0 Å². The molecule has 7 nitrogen and oxygen atoms in total. The molecule has 0 fully saturated rings. The van der Waals surface area contributed by atoms with Gasteiger partial charge in [0.25, 0.3) is 0 Å². The standard InChI is InChI=1S/C9H10BrNO6S2/c1-4-6(3-7(10)18-4)19(16,17)11-5(9(14)15)2-8(12)13/h3,5,11H,2H2,1H3,(H,12,13)(H,14,15). The van der Waals surface area contributed by atoms with E-state index in [1.165, 1.54) is 17.4 Å². The lowest BCUT2D eigenvalue weighted by molar-refractivity contribution is -0.145. The summed E-state index contributed by atoms with van der Waals surface area (Å²) in [6.45, 7) is 1.57. The SMILES string of the molecule is Cc1sc(Br)cc1S(=O)(=O)NC(CC(=O)O)C(=O)O. The lowest BCUT2D eigenvalue weighted by atomic mass is 10.2. The Hall–Kier alpha value is -0.970. The first-order valence-electron chi connectivity index (χ1n) is 4.86. The van der Waals surface area contributed by atoms with Gasteiger partial charge in [-0.3, -0.25) is 9.59 Å². The van der Waals surface area contributed by atoms with Crippen LogP contribution in [-0.2, 0) is 19.6 Å². The van der Waals surface area contributed by atoms with E-state index in [4.69, 9.17) is 10.2 Å². The number of thiophene rings is 1. The first kappa shape index (κ1) is 16.1. The maximum atomic E-state index is 12.0. The summed E-state index contributed by atoms with van der Waals surface area (Å²) >= 11 is 4.31. The van der Waals surface area contributed by atoms with Crippen molar-refractivity contribution in [2.75, 3.05) is 0 Å².